The molecule has 7 heteroatoms. The van der Waals surface area contributed by atoms with Crippen molar-refractivity contribution in [1.82, 2.24) is 9.97 Å². The highest BCUT2D eigenvalue weighted by molar-refractivity contribution is 5.63. The predicted octanol–water partition coefficient (Wildman–Crippen LogP) is 7.36. The molecule has 0 spiro atoms. The Labute approximate surface area is 193 Å². The Bertz CT molecular complexity index is 992. The van der Waals surface area contributed by atoms with Gasteiger partial charge in [-0.1, -0.05) is 68.7 Å². The smallest absolute Gasteiger partial charge is 0.421 e. The molecule has 0 amide bonds. The Kier molecular flexibility index (Phi) is 8.69. The third kappa shape index (κ3) is 6.94. The quantitative estimate of drug-likeness (QED) is 0.282. The number of ether oxygens (including phenoxy) is 1. The summed E-state index contributed by atoms with van der Waals surface area (Å²) < 4.78 is 46.9. The molecule has 0 aliphatic carbocycles. The number of nitrogens with zero attached hydrogens (tertiary/aromatic N) is 3. The van der Waals surface area contributed by atoms with Crippen LogP contribution in [-0.4, -0.2) is 16.5 Å². The van der Waals surface area contributed by atoms with Crippen molar-refractivity contribution in [3.8, 4) is 6.01 Å². The summed E-state index contributed by atoms with van der Waals surface area (Å²) in [5.41, 5.74) is 1.81. The number of aryl methyl sites for hydroxylation is 1. The summed E-state index contributed by atoms with van der Waals surface area (Å²) >= 11 is 0. The van der Waals surface area contributed by atoms with Crippen LogP contribution in [-0.2, 0) is 19.2 Å². The number of aromatic nitrogens is 2. The van der Waals surface area contributed by atoms with Crippen molar-refractivity contribution < 1.29 is 17.9 Å². The van der Waals surface area contributed by atoms with Gasteiger partial charge in [-0.25, -0.2) is 4.98 Å². The van der Waals surface area contributed by atoms with Gasteiger partial charge in [-0.2, -0.15) is 18.2 Å². The first-order valence-corrected chi connectivity index (χ1v) is 11.4. The molecule has 0 bridgehead atoms. The molecule has 0 unspecified atom stereocenters. The van der Waals surface area contributed by atoms with Crippen LogP contribution in [0.15, 0.2) is 60.8 Å². The second kappa shape index (κ2) is 11.7. The van der Waals surface area contributed by atoms with Crippen molar-refractivity contribution in [1.29, 1.82) is 0 Å². The van der Waals surface area contributed by atoms with E-state index in [-0.39, 0.29) is 18.4 Å². The first-order valence-electron chi connectivity index (χ1n) is 11.4. The van der Waals surface area contributed by atoms with Gasteiger partial charge in [0.2, 0.25) is 0 Å². The highest BCUT2D eigenvalue weighted by atomic mass is 19.4. The van der Waals surface area contributed by atoms with Crippen molar-refractivity contribution in [2.24, 2.45) is 0 Å². The van der Waals surface area contributed by atoms with Gasteiger partial charge < -0.3 is 9.64 Å². The van der Waals surface area contributed by atoms with E-state index < -0.39 is 11.7 Å². The molecule has 0 radical (unpaired) electrons. The van der Waals surface area contributed by atoms with Crippen LogP contribution in [0.1, 0.15) is 56.2 Å². The van der Waals surface area contributed by atoms with Gasteiger partial charge in [-0.15, -0.1) is 0 Å². The van der Waals surface area contributed by atoms with Crippen LogP contribution in [0.2, 0.25) is 0 Å². The zero-order valence-electron chi connectivity index (χ0n) is 19.1. The molecule has 3 aromatic rings. The second-order valence-corrected chi connectivity index (χ2v) is 7.88. The largest absolute Gasteiger partial charge is 0.459 e. The fourth-order valence-corrected chi connectivity index (χ4v) is 3.61. The molecular weight excluding hydrogens is 427 g/mol. The molecule has 3 rings (SSSR count). The molecule has 0 saturated heterocycles. The Hall–Kier alpha value is -3.09. The normalized spacial score (nSPS) is 11.4. The lowest BCUT2D eigenvalue weighted by atomic mass is 10.1. The molecule has 1 aromatic heterocycles. The van der Waals surface area contributed by atoms with Crippen LogP contribution in [0.5, 0.6) is 6.01 Å². The Balaban J connectivity index is 1.83. The van der Waals surface area contributed by atoms with Gasteiger partial charge in [0.05, 0.1) is 0 Å². The van der Waals surface area contributed by atoms with E-state index in [4.69, 9.17) is 4.74 Å². The highest BCUT2D eigenvalue weighted by Crippen LogP contribution is 2.38. The lowest BCUT2D eigenvalue weighted by Crippen LogP contribution is -2.23. The molecular formula is C26H30F3N3O. The summed E-state index contributed by atoms with van der Waals surface area (Å²) in [6, 6.07) is 16.9. The summed E-state index contributed by atoms with van der Waals surface area (Å²) in [5.74, 6) is -0.209. The van der Waals surface area contributed by atoms with Crippen molar-refractivity contribution >= 4 is 11.5 Å². The van der Waals surface area contributed by atoms with Crippen LogP contribution >= 0.6 is 0 Å². The average molecular weight is 458 g/mol. The number of alkyl halides is 3. The van der Waals surface area contributed by atoms with Crippen LogP contribution in [0.3, 0.4) is 0 Å². The topological polar surface area (TPSA) is 38.2 Å². The minimum Gasteiger partial charge on any atom is -0.459 e. The fraction of sp³-hybridized carbons (Fsp3) is 0.385. The van der Waals surface area contributed by atoms with Crippen LogP contribution < -0.4 is 9.64 Å². The van der Waals surface area contributed by atoms with Gasteiger partial charge >= 0.3 is 12.2 Å². The molecule has 0 N–H and O–H groups in total. The maximum absolute atomic E-state index is 13.8. The number of hydrogen-bond acceptors (Lipinski definition) is 4. The molecule has 0 saturated carbocycles. The van der Waals surface area contributed by atoms with Gasteiger partial charge in [0.25, 0.3) is 0 Å². The van der Waals surface area contributed by atoms with Crippen LogP contribution in [0.4, 0.5) is 24.7 Å². The maximum Gasteiger partial charge on any atom is 0.421 e. The summed E-state index contributed by atoms with van der Waals surface area (Å²) in [5, 5.41) is 0. The minimum atomic E-state index is -4.58. The van der Waals surface area contributed by atoms with E-state index >= 15 is 0 Å². The molecule has 0 atom stereocenters. The van der Waals surface area contributed by atoms with Gasteiger partial charge in [0.1, 0.15) is 12.2 Å². The van der Waals surface area contributed by atoms with E-state index in [0.717, 1.165) is 24.6 Å². The molecule has 0 aliphatic heterocycles. The van der Waals surface area contributed by atoms with Crippen LogP contribution in [0.25, 0.3) is 0 Å². The number of anilines is 2. The van der Waals surface area contributed by atoms with E-state index in [0.29, 0.717) is 12.2 Å². The highest BCUT2D eigenvalue weighted by Gasteiger charge is 2.37. The average Bonchev–Trinajstić information content (AvgIpc) is 2.82. The first-order chi connectivity index (χ1) is 15.9. The zero-order valence-corrected chi connectivity index (χ0v) is 19.1. The fourth-order valence-electron chi connectivity index (χ4n) is 3.61. The Morgan fingerprint density at radius 1 is 0.879 bits per heavy atom. The van der Waals surface area contributed by atoms with E-state index in [1.807, 2.05) is 54.6 Å². The first kappa shape index (κ1) is 24.6. The molecule has 2 aromatic carbocycles. The summed E-state index contributed by atoms with van der Waals surface area (Å²) in [6.45, 7) is 4.46. The molecule has 1 heterocycles. The molecule has 0 aliphatic rings. The number of rotatable bonds is 11. The number of benzene rings is 2. The predicted molar refractivity (Wildman–Crippen MR) is 125 cm³/mol. The van der Waals surface area contributed by atoms with Gasteiger partial charge in [-0.05, 0) is 43.0 Å². The Morgan fingerprint density at radius 3 is 2.24 bits per heavy atom. The van der Waals surface area contributed by atoms with Crippen molar-refractivity contribution in [3.05, 3.63) is 77.5 Å². The zero-order chi connectivity index (χ0) is 23.7. The summed E-state index contributed by atoms with van der Waals surface area (Å²) in [4.78, 5) is 9.52. The van der Waals surface area contributed by atoms with E-state index in [1.54, 1.807) is 11.8 Å². The third-order valence-corrected chi connectivity index (χ3v) is 5.40. The molecule has 4 nitrogen and oxygen atoms in total. The van der Waals surface area contributed by atoms with E-state index in [1.165, 1.54) is 24.8 Å². The SMILES string of the molecule is CCCCCCc1ccc(N(CC)c2nc(OCc3ccccc3)ncc2C(F)(F)F)cc1. The standard InChI is InChI=1S/C26H30F3N3O/c1-3-5-6-8-11-20-14-16-22(17-15-20)32(4-2)24-23(26(27,28)29)18-30-25(31-24)33-19-21-12-9-7-10-13-21/h7,9-10,12-18H,3-6,8,11,19H2,1-2H3. The van der Waals surface area contributed by atoms with Crippen LogP contribution in [0, 0.1) is 0 Å². The summed E-state index contributed by atoms with van der Waals surface area (Å²) in [6.07, 6.45) is 1.86. The number of hydrogen-bond donors (Lipinski definition) is 0. The van der Waals surface area contributed by atoms with Gasteiger partial charge in [0.15, 0.2) is 5.82 Å². The number of unbranched alkanes of at least 4 members (excludes halogenated alkanes) is 3. The third-order valence-electron chi connectivity index (χ3n) is 5.40. The van der Waals surface area contributed by atoms with Crippen molar-refractivity contribution in [2.75, 3.05) is 11.4 Å². The van der Waals surface area contributed by atoms with Crippen molar-refractivity contribution in [3.63, 3.8) is 0 Å². The minimum absolute atomic E-state index is 0.0900. The maximum atomic E-state index is 13.8. The monoisotopic (exact) mass is 457 g/mol. The van der Waals surface area contributed by atoms with E-state index in [9.17, 15) is 13.2 Å². The summed E-state index contributed by atoms with van der Waals surface area (Å²) in [7, 11) is 0. The number of halogens is 3. The molecule has 33 heavy (non-hydrogen) atoms. The molecule has 0 fully saturated rings. The Morgan fingerprint density at radius 2 is 1.61 bits per heavy atom. The molecule has 176 valence electrons. The van der Waals surface area contributed by atoms with E-state index in [2.05, 4.69) is 16.9 Å². The van der Waals surface area contributed by atoms with Gasteiger partial charge in [-0.3, -0.25) is 0 Å². The lowest BCUT2D eigenvalue weighted by Gasteiger charge is -2.25. The lowest BCUT2D eigenvalue weighted by molar-refractivity contribution is -0.137. The van der Waals surface area contributed by atoms with Gasteiger partial charge in [0, 0.05) is 18.4 Å². The van der Waals surface area contributed by atoms with Crippen molar-refractivity contribution in [2.45, 2.75) is 58.7 Å². The second-order valence-electron chi connectivity index (χ2n) is 7.88.